The maximum Gasteiger partial charge on any atom is 0.227 e. The molecule has 39 heavy (non-hydrogen) atoms. The largest absolute Gasteiger partial charge is 0.493 e. The molecule has 2 aliphatic rings. The van der Waals surface area contributed by atoms with E-state index in [0.29, 0.717) is 53.3 Å². The summed E-state index contributed by atoms with van der Waals surface area (Å²) in [5, 5.41) is 3.09. The highest BCUT2D eigenvalue weighted by atomic mass is 19.1. The van der Waals surface area contributed by atoms with Gasteiger partial charge in [-0.1, -0.05) is 0 Å². The Morgan fingerprint density at radius 1 is 1.05 bits per heavy atom. The van der Waals surface area contributed by atoms with E-state index in [-0.39, 0.29) is 23.6 Å². The van der Waals surface area contributed by atoms with E-state index in [1.165, 1.54) is 25.4 Å². The van der Waals surface area contributed by atoms with E-state index in [2.05, 4.69) is 57.9 Å². The van der Waals surface area contributed by atoms with Crippen molar-refractivity contribution < 1.29 is 18.3 Å². The number of hydrogen-bond acceptors (Lipinski definition) is 8. The van der Waals surface area contributed by atoms with Crippen molar-refractivity contribution in [2.24, 2.45) is 0 Å². The fourth-order valence-corrected chi connectivity index (χ4v) is 5.36. The van der Waals surface area contributed by atoms with Gasteiger partial charge in [0.15, 0.2) is 17.3 Å². The lowest BCUT2D eigenvalue weighted by molar-refractivity contribution is 0.249. The molecule has 0 unspecified atom stereocenters. The highest BCUT2D eigenvalue weighted by Gasteiger charge is 2.26. The molecule has 5 rings (SSSR count). The van der Waals surface area contributed by atoms with Crippen molar-refractivity contribution in [3.63, 3.8) is 0 Å². The number of anilines is 4. The predicted molar refractivity (Wildman–Crippen MR) is 151 cm³/mol. The summed E-state index contributed by atoms with van der Waals surface area (Å²) in [6.07, 6.45) is 3.52. The average molecular weight is 539 g/mol. The van der Waals surface area contributed by atoms with Gasteiger partial charge >= 0.3 is 0 Å². The van der Waals surface area contributed by atoms with E-state index in [1.807, 2.05) is 12.1 Å². The Balaban J connectivity index is 1.40. The van der Waals surface area contributed by atoms with E-state index in [4.69, 9.17) is 9.47 Å². The molecule has 0 aliphatic carbocycles. The summed E-state index contributed by atoms with van der Waals surface area (Å²) >= 11 is 0. The number of methoxy groups -OCH3 is 1. The van der Waals surface area contributed by atoms with Crippen LogP contribution in [0, 0.1) is 11.6 Å². The summed E-state index contributed by atoms with van der Waals surface area (Å²) < 4.78 is 41.4. The van der Waals surface area contributed by atoms with Crippen LogP contribution in [0.3, 0.4) is 0 Å². The standard InChI is InChI=1S/C29H36F2N6O2/c1-18(2)37-12-13-39-28-23(31)14-19(15-25(28)37)27-26(38-5)17-32-29(34-27)33-20-6-7-24(22(30)16-20)36-10-8-21(9-11-36)35(3)4/h6-7,14-18,21H,8-13H2,1-5H3,(H,32,33,34). The second kappa shape index (κ2) is 11.2. The molecule has 0 spiro atoms. The van der Waals surface area contributed by atoms with Crippen LogP contribution in [0.1, 0.15) is 26.7 Å². The zero-order valence-electron chi connectivity index (χ0n) is 23.2. The normalized spacial score (nSPS) is 15.9. The van der Waals surface area contributed by atoms with Gasteiger partial charge in [-0.3, -0.25) is 0 Å². The van der Waals surface area contributed by atoms with Gasteiger partial charge < -0.3 is 29.5 Å². The van der Waals surface area contributed by atoms with Gasteiger partial charge in [-0.15, -0.1) is 0 Å². The Morgan fingerprint density at radius 2 is 1.82 bits per heavy atom. The zero-order chi connectivity index (χ0) is 27.7. The lowest BCUT2D eigenvalue weighted by atomic mass is 10.0. The highest BCUT2D eigenvalue weighted by molar-refractivity contribution is 5.76. The third-order valence-electron chi connectivity index (χ3n) is 7.52. The minimum atomic E-state index is -0.463. The van der Waals surface area contributed by atoms with Crippen molar-refractivity contribution in [1.29, 1.82) is 0 Å². The average Bonchev–Trinajstić information content (AvgIpc) is 2.92. The van der Waals surface area contributed by atoms with Crippen LogP contribution >= 0.6 is 0 Å². The van der Waals surface area contributed by atoms with E-state index >= 15 is 8.78 Å². The van der Waals surface area contributed by atoms with E-state index in [1.54, 1.807) is 6.07 Å². The summed E-state index contributed by atoms with van der Waals surface area (Å²) in [5.74, 6) is 0.125. The Hall–Kier alpha value is -3.66. The first-order chi connectivity index (χ1) is 18.7. The van der Waals surface area contributed by atoms with Gasteiger partial charge in [0.05, 0.1) is 31.2 Å². The van der Waals surface area contributed by atoms with Crippen molar-refractivity contribution >= 4 is 23.0 Å². The van der Waals surface area contributed by atoms with E-state index < -0.39 is 5.82 Å². The van der Waals surface area contributed by atoms with Crippen LogP contribution in [-0.2, 0) is 0 Å². The minimum absolute atomic E-state index is 0.170. The molecule has 3 heterocycles. The first kappa shape index (κ1) is 26.9. The van der Waals surface area contributed by atoms with Crippen LogP contribution in [0.15, 0.2) is 36.5 Å². The lowest BCUT2D eigenvalue weighted by Gasteiger charge is -2.36. The number of ether oxygens (including phenoxy) is 2. The van der Waals surface area contributed by atoms with Gasteiger partial charge in [0.25, 0.3) is 0 Å². The zero-order valence-corrected chi connectivity index (χ0v) is 23.2. The predicted octanol–water partition coefficient (Wildman–Crippen LogP) is 5.31. The molecule has 0 bridgehead atoms. The van der Waals surface area contributed by atoms with Gasteiger partial charge in [0, 0.05) is 36.4 Å². The summed E-state index contributed by atoms with van der Waals surface area (Å²) in [6.45, 7) is 6.83. The molecule has 0 radical (unpaired) electrons. The Bertz CT molecular complexity index is 1330. The number of aromatic nitrogens is 2. The van der Waals surface area contributed by atoms with Crippen molar-refractivity contribution in [2.75, 3.05) is 62.6 Å². The Labute approximate surface area is 228 Å². The molecule has 3 aromatic rings. The smallest absolute Gasteiger partial charge is 0.227 e. The van der Waals surface area contributed by atoms with Gasteiger partial charge in [-0.25, -0.2) is 18.7 Å². The van der Waals surface area contributed by atoms with Crippen LogP contribution in [0.4, 0.5) is 31.8 Å². The van der Waals surface area contributed by atoms with Crippen molar-refractivity contribution in [2.45, 2.75) is 38.8 Å². The minimum Gasteiger partial charge on any atom is -0.493 e. The van der Waals surface area contributed by atoms with Crippen LogP contribution in [0.2, 0.25) is 0 Å². The molecule has 2 aliphatic heterocycles. The monoisotopic (exact) mass is 538 g/mol. The number of nitrogens with one attached hydrogen (secondary N) is 1. The molecule has 1 aromatic heterocycles. The van der Waals surface area contributed by atoms with Crippen LogP contribution in [0.5, 0.6) is 11.5 Å². The molecular weight excluding hydrogens is 502 g/mol. The van der Waals surface area contributed by atoms with Crippen molar-refractivity contribution in [3.8, 4) is 22.8 Å². The van der Waals surface area contributed by atoms with E-state index in [0.717, 1.165) is 25.9 Å². The quantitative estimate of drug-likeness (QED) is 0.434. The molecule has 10 heteroatoms. The fraction of sp³-hybridized carbons (Fsp3) is 0.448. The molecule has 1 N–H and O–H groups in total. The first-order valence-corrected chi connectivity index (χ1v) is 13.4. The number of fused-ring (bicyclic) bond motifs is 1. The number of nitrogens with zero attached hydrogens (tertiary/aromatic N) is 5. The van der Waals surface area contributed by atoms with Gasteiger partial charge in [-0.05, 0) is 71.1 Å². The second-order valence-corrected chi connectivity index (χ2v) is 10.5. The van der Waals surface area contributed by atoms with Crippen LogP contribution < -0.4 is 24.6 Å². The highest BCUT2D eigenvalue weighted by Crippen LogP contribution is 2.41. The van der Waals surface area contributed by atoms with Crippen molar-refractivity contribution in [3.05, 3.63) is 48.2 Å². The van der Waals surface area contributed by atoms with Gasteiger partial charge in [0.1, 0.15) is 18.1 Å². The van der Waals surface area contributed by atoms with Crippen molar-refractivity contribution in [1.82, 2.24) is 14.9 Å². The molecule has 1 fully saturated rings. The SMILES string of the molecule is COc1cnc(Nc2ccc(N3CCC(N(C)C)CC3)c(F)c2)nc1-c1cc(F)c2c(c1)N(C(C)C)CCO2. The summed E-state index contributed by atoms with van der Waals surface area (Å²) in [6, 6.07) is 9.01. The Kier molecular flexibility index (Phi) is 7.74. The number of hydrogen-bond donors (Lipinski definition) is 1. The molecule has 0 atom stereocenters. The molecule has 1 saturated heterocycles. The number of benzene rings is 2. The first-order valence-electron chi connectivity index (χ1n) is 13.4. The maximum absolute atomic E-state index is 15.2. The number of halogens is 2. The Morgan fingerprint density at radius 3 is 2.49 bits per heavy atom. The molecule has 2 aromatic carbocycles. The molecule has 0 amide bonds. The summed E-state index contributed by atoms with van der Waals surface area (Å²) in [4.78, 5) is 15.4. The summed E-state index contributed by atoms with van der Waals surface area (Å²) in [7, 11) is 5.69. The van der Waals surface area contributed by atoms with Gasteiger partial charge in [-0.2, -0.15) is 0 Å². The molecular formula is C29H36F2N6O2. The lowest BCUT2D eigenvalue weighted by Crippen LogP contribution is -2.42. The van der Waals surface area contributed by atoms with Gasteiger partial charge in [0.2, 0.25) is 5.95 Å². The second-order valence-electron chi connectivity index (χ2n) is 10.5. The van der Waals surface area contributed by atoms with Crippen LogP contribution in [0.25, 0.3) is 11.3 Å². The number of piperidine rings is 1. The fourth-order valence-electron chi connectivity index (χ4n) is 5.36. The number of rotatable bonds is 7. The topological polar surface area (TPSA) is 66.0 Å². The molecule has 0 saturated carbocycles. The molecule has 8 nitrogen and oxygen atoms in total. The third-order valence-corrected chi connectivity index (χ3v) is 7.52. The van der Waals surface area contributed by atoms with Crippen LogP contribution in [-0.4, -0.2) is 74.4 Å². The maximum atomic E-state index is 15.2. The third kappa shape index (κ3) is 5.56. The van der Waals surface area contributed by atoms with E-state index in [9.17, 15) is 0 Å². The summed E-state index contributed by atoms with van der Waals surface area (Å²) in [5.41, 5.74) is 2.75. The molecule has 208 valence electrons.